The van der Waals surface area contributed by atoms with Gasteiger partial charge in [0.25, 0.3) is 0 Å². The lowest BCUT2D eigenvalue weighted by Crippen LogP contribution is -2.21. The molecule has 2 aromatic heterocycles. The summed E-state index contributed by atoms with van der Waals surface area (Å²) in [6, 6.07) is 13.5. The number of aliphatic hydroxyl groups is 1. The van der Waals surface area contributed by atoms with Crippen molar-refractivity contribution in [1.29, 1.82) is 0 Å². The largest absolute Gasteiger partial charge is 0.390 e. The molecule has 4 rings (SSSR count). The molecule has 0 bridgehead atoms. The third-order valence-corrected chi connectivity index (χ3v) is 4.11. The first-order chi connectivity index (χ1) is 11.2. The Morgan fingerprint density at radius 3 is 2.74 bits per heavy atom. The zero-order valence-electron chi connectivity index (χ0n) is 12.7. The van der Waals surface area contributed by atoms with Crippen LogP contribution >= 0.6 is 0 Å². The van der Waals surface area contributed by atoms with Crippen molar-refractivity contribution in [2.24, 2.45) is 0 Å². The van der Waals surface area contributed by atoms with Crippen LogP contribution in [0.1, 0.15) is 22.9 Å². The molecule has 6 heteroatoms. The lowest BCUT2D eigenvalue weighted by Gasteiger charge is -2.18. The van der Waals surface area contributed by atoms with Crippen LogP contribution in [0.15, 0.2) is 48.7 Å². The summed E-state index contributed by atoms with van der Waals surface area (Å²) in [6.07, 6.45) is 2.05. The predicted octanol–water partition coefficient (Wildman–Crippen LogP) is 2.04. The fourth-order valence-corrected chi connectivity index (χ4v) is 2.97. The SMILES string of the molecule is Cc1ccn(-c2ccc(N[C@@H]3c4ccccc4C[C@@H]3O)nn2)n1. The molecule has 0 saturated heterocycles. The van der Waals surface area contributed by atoms with Gasteiger partial charge in [-0.05, 0) is 36.2 Å². The van der Waals surface area contributed by atoms with Gasteiger partial charge in [0.15, 0.2) is 5.82 Å². The van der Waals surface area contributed by atoms with Gasteiger partial charge in [0.1, 0.15) is 5.82 Å². The molecule has 0 fully saturated rings. The summed E-state index contributed by atoms with van der Waals surface area (Å²) in [5.41, 5.74) is 3.22. The second-order valence-electron chi connectivity index (χ2n) is 5.77. The lowest BCUT2D eigenvalue weighted by atomic mass is 10.1. The average Bonchev–Trinajstić information content (AvgIpc) is 3.12. The van der Waals surface area contributed by atoms with Crippen molar-refractivity contribution in [1.82, 2.24) is 20.0 Å². The van der Waals surface area contributed by atoms with Crippen LogP contribution in [-0.4, -0.2) is 31.2 Å². The monoisotopic (exact) mass is 307 g/mol. The number of aromatic nitrogens is 4. The van der Waals surface area contributed by atoms with Crippen molar-refractivity contribution in [2.45, 2.75) is 25.5 Å². The van der Waals surface area contributed by atoms with Gasteiger partial charge in [-0.3, -0.25) is 0 Å². The third-order valence-electron chi connectivity index (χ3n) is 4.11. The van der Waals surface area contributed by atoms with Crippen LogP contribution in [0.3, 0.4) is 0 Å². The molecule has 23 heavy (non-hydrogen) atoms. The van der Waals surface area contributed by atoms with Crippen LogP contribution in [0, 0.1) is 6.92 Å². The van der Waals surface area contributed by atoms with E-state index in [2.05, 4.69) is 26.7 Å². The first kappa shape index (κ1) is 13.9. The Bertz CT molecular complexity index is 827. The van der Waals surface area contributed by atoms with Crippen LogP contribution in [0.25, 0.3) is 5.82 Å². The van der Waals surface area contributed by atoms with Gasteiger partial charge < -0.3 is 10.4 Å². The molecule has 0 saturated carbocycles. The molecule has 0 aliphatic heterocycles. The number of nitrogens with one attached hydrogen (secondary N) is 1. The molecule has 2 heterocycles. The second-order valence-corrected chi connectivity index (χ2v) is 5.77. The minimum Gasteiger partial charge on any atom is -0.390 e. The second kappa shape index (κ2) is 5.48. The highest BCUT2D eigenvalue weighted by atomic mass is 16.3. The van der Waals surface area contributed by atoms with Crippen molar-refractivity contribution >= 4 is 5.82 Å². The standard InChI is InChI=1S/C17H17N5O/c1-11-8-9-22(21-11)16-7-6-15(19-20-16)18-17-13-5-3-2-4-12(13)10-14(17)23/h2-9,14,17,23H,10H2,1H3,(H,18,19)/t14-,17+/m0/s1. The van der Waals surface area contributed by atoms with E-state index in [1.54, 1.807) is 4.68 Å². The van der Waals surface area contributed by atoms with Gasteiger partial charge in [-0.2, -0.15) is 5.10 Å². The van der Waals surface area contributed by atoms with Gasteiger partial charge in [-0.25, -0.2) is 4.68 Å². The topological polar surface area (TPSA) is 75.9 Å². The van der Waals surface area contributed by atoms with E-state index >= 15 is 0 Å². The maximum Gasteiger partial charge on any atom is 0.175 e. The molecule has 3 aromatic rings. The normalized spacial score (nSPS) is 19.6. The van der Waals surface area contributed by atoms with Crippen LogP contribution in [0.2, 0.25) is 0 Å². The van der Waals surface area contributed by atoms with Crippen molar-refractivity contribution in [3.63, 3.8) is 0 Å². The number of aryl methyl sites for hydroxylation is 1. The lowest BCUT2D eigenvalue weighted by molar-refractivity contribution is 0.165. The van der Waals surface area contributed by atoms with Gasteiger partial charge in [-0.15, -0.1) is 10.2 Å². The summed E-state index contributed by atoms with van der Waals surface area (Å²) in [5.74, 6) is 1.30. The van der Waals surface area contributed by atoms with Crippen molar-refractivity contribution < 1.29 is 5.11 Å². The molecule has 0 spiro atoms. The fraction of sp³-hybridized carbons (Fsp3) is 0.235. The Morgan fingerprint density at radius 2 is 2.00 bits per heavy atom. The van der Waals surface area contributed by atoms with Crippen LogP contribution < -0.4 is 5.32 Å². The van der Waals surface area contributed by atoms with E-state index in [1.165, 1.54) is 5.56 Å². The number of rotatable bonds is 3. The summed E-state index contributed by atoms with van der Waals surface area (Å²) in [6.45, 7) is 1.93. The molecule has 0 amide bonds. The highest BCUT2D eigenvalue weighted by Gasteiger charge is 2.30. The minimum absolute atomic E-state index is 0.154. The highest BCUT2D eigenvalue weighted by molar-refractivity contribution is 5.45. The molecule has 0 radical (unpaired) electrons. The first-order valence-electron chi connectivity index (χ1n) is 7.59. The fourth-order valence-electron chi connectivity index (χ4n) is 2.97. The van der Waals surface area contributed by atoms with E-state index in [0.717, 1.165) is 11.3 Å². The van der Waals surface area contributed by atoms with E-state index in [4.69, 9.17) is 0 Å². The van der Waals surface area contributed by atoms with E-state index < -0.39 is 6.10 Å². The summed E-state index contributed by atoms with van der Waals surface area (Å²) >= 11 is 0. The van der Waals surface area contributed by atoms with Gasteiger partial charge in [0.2, 0.25) is 0 Å². The van der Waals surface area contributed by atoms with Crippen LogP contribution in [0.4, 0.5) is 5.82 Å². The number of hydrogen-bond donors (Lipinski definition) is 2. The number of nitrogens with zero attached hydrogens (tertiary/aromatic N) is 4. The van der Waals surface area contributed by atoms with E-state index in [1.807, 2.05) is 49.5 Å². The number of benzene rings is 1. The number of fused-ring (bicyclic) bond motifs is 1. The smallest absolute Gasteiger partial charge is 0.175 e. The maximum atomic E-state index is 10.3. The summed E-state index contributed by atoms with van der Waals surface area (Å²) in [4.78, 5) is 0. The Kier molecular flexibility index (Phi) is 3.31. The van der Waals surface area contributed by atoms with Gasteiger partial charge in [0, 0.05) is 12.6 Å². The molecular formula is C17H17N5O. The molecule has 2 N–H and O–H groups in total. The Balaban J connectivity index is 1.56. The number of anilines is 1. The molecule has 1 aromatic carbocycles. The third kappa shape index (κ3) is 2.57. The van der Waals surface area contributed by atoms with Gasteiger partial charge in [-0.1, -0.05) is 24.3 Å². The minimum atomic E-state index is -0.456. The maximum absolute atomic E-state index is 10.3. The Hall–Kier alpha value is -2.73. The zero-order valence-corrected chi connectivity index (χ0v) is 12.7. The summed E-state index contributed by atoms with van der Waals surface area (Å²) < 4.78 is 1.69. The average molecular weight is 307 g/mol. The number of aliphatic hydroxyl groups excluding tert-OH is 1. The Labute approximate surface area is 133 Å². The molecule has 0 unspecified atom stereocenters. The highest BCUT2D eigenvalue weighted by Crippen LogP contribution is 2.33. The molecule has 2 atom stereocenters. The molecule has 116 valence electrons. The van der Waals surface area contributed by atoms with Gasteiger partial charge in [0.05, 0.1) is 17.8 Å². The molecule has 6 nitrogen and oxygen atoms in total. The summed E-state index contributed by atoms with van der Waals surface area (Å²) in [7, 11) is 0. The summed E-state index contributed by atoms with van der Waals surface area (Å²) in [5, 5.41) is 26.3. The van der Waals surface area contributed by atoms with Crippen molar-refractivity contribution in [3.05, 3.63) is 65.5 Å². The van der Waals surface area contributed by atoms with Gasteiger partial charge >= 0.3 is 0 Å². The van der Waals surface area contributed by atoms with Crippen molar-refractivity contribution in [2.75, 3.05) is 5.32 Å². The Morgan fingerprint density at radius 1 is 1.13 bits per heavy atom. The predicted molar refractivity (Wildman–Crippen MR) is 86.4 cm³/mol. The molecule has 1 aliphatic carbocycles. The van der Waals surface area contributed by atoms with Crippen molar-refractivity contribution in [3.8, 4) is 5.82 Å². The van der Waals surface area contributed by atoms with Crippen LogP contribution in [0.5, 0.6) is 0 Å². The van der Waals surface area contributed by atoms with E-state index in [9.17, 15) is 5.11 Å². The number of hydrogen-bond acceptors (Lipinski definition) is 5. The van der Waals surface area contributed by atoms with E-state index in [-0.39, 0.29) is 6.04 Å². The molecule has 1 aliphatic rings. The first-order valence-corrected chi connectivity index (χ1v) is 7.59. The van der Waals surface area contributed by atoms with E-state index in [0.29, 0.717) is 18.1 Å². The zero-order chi connectivity index (χ0) is 15.8. The quantitative estimate of drug-likeness (QED) is 0.774. The molecular weight excluding hydrogens is 290 g/mol. The van der Waals surface area contributed by atoms with Crippen LogP contribution in [-0.2, 0) is 6.42 Å².